The topological polar surface area (TPSA) is 74.7 Å². The van der Waals surface area contributed by atoms with Gasteiger partial charge < -0.3 is 25.4 Å². The van der Waals surface area contributed by atoms with Crippen LogP contribution >= 0.6 is 0 Å². The Morgan fingerprint density at radius 3 is 2.41 bits per heavy atom. The molecule has 0 fully saturated rings. The molecule has 0 aliphatic rings. The van der Waals surface area contributed by atoms with Crippen molar-refractivity contribution < 1.29 is 10.2 Å². The molecular formula is C17H21N3O2. The monoisotopic (exact) mass is 299 g/mol. The highest BCUT2D eigenvalue weighted by atomic mass is 16.3. The highest BCUT2D eigenvalue weighted by Crippen LogP contribution is 2.38. The van der Waals surface area contributed by atoms with Crippen molar-refractivity contribution in [2.45, 2.75) is 0 Å². The Kier molecular flexibility index (Phi) is 3.92. The van der Waals surface area contributed by atoms with E-state index >= 15 is 0 Å². The van der Waals surface area contributed by atoms with Crippen LogP contribution in [-0.4, -0.2) is 41.1 Å². The van der Waals surface area contributed by atoms with Crippen LogP contribution in [0.3, 0.4) is 0 Å². The van der Waals surface area contributed by atoms with Gasteiger partial charge >= 0.3 is 0 Å². The van der Waals surface area contributed by atoms with E-state index in [-0.39, 0.29) is 13.2 Å². The van der Waals surface area contributed by atoms with Gasteiger partial charge in [0.05, 0.1) is 24.4 Å². The molecule has 0 atom stereocenters. The summed E-state index contributed by atoms with van der Waals surface area (Å²) in [5.41, 5.74) is 10.1. The summed E-state index contributed by atoms with van der Waals surface area (Å²) < 4.78 is 2.12. The highest BCUT2D eigenvalue weighted by molar-refractivity contribution is 6.17. The molecule has 0 spiro atoms. The molecule has 0 aliphatic heterocycles. The van der Waals surface area contributed by atoms with Gasteiger partial charge in [-0.05, 0) is 18.2 Å². The van der Waals surface area contributed by atoms with Crippen molar-refractivity contribution in [3.8, 4) is 0 Å². The number of aryl methyl sites for hydroxylation is 1. The minimum Gasteiger partial charge on any atom is -0.398 e. The average molecular weight is 299 g/mol. The highest BCUT2D eigenvalue weighted by Gasteiger charge is 2.17. The maximum atomic E-state index is 9.31. The number of rotatable bonds is 5. The van der Waals surface area contributed by atoms with Crippen LogP contribution in [0.15, 0.2) is 36.4 Å². The lowest BCUT2D eigenvalue weighted by molar-refractivity contribution is 0.281. The number of anilines is 2. The number of hydrogen-bond donors (Lipinski definition) is 3. The zero-order valence-corrected chi connectivity index (χ0v) is 12.7. The number of aliphatic hydroxyl groups is 2. The molecule has 4 N–H and O–H groups in total. The van der Waals surface area contributed by atoms with E-state index < -0.39 is 0 Å². The van der Waals surface area contributed by atoms with Crippen LogP contribution in [0.2, 0.25) is 0 Å². The Morgan fingerprint density at radius 1 is 1.05 bits per heavy atom. The number of aliphatic hydroxyl groups excluding tert-OH is 2. The van der Waals surface area contributed by atoms with Crippen LogP contribution in [0, 0.1) is 0 Å². The second-order valence-electron chi connectivity index (χ2n) is 5.41. The number of nitrogen functional groups attached to an aromatic ring is 1. The van der Waals surface area contributed by atoms with Gasteiger partial charge in [0.15, 0.2) is 0 Å². The average Bonchev–Trinajstić information content (AvgIpc) is 2.83. The van der Waals surface area contributed by atoms with Crippen LogP contribution < -0.4 is 10.6 Å². The first-order valence-corrected chi connectivity index (χ1v) is 7.41. The van der Waals surface area contributed by atoms with Gasteiger partial charge in [0.2, 0.25) is 0 Å². The van der Waals surface area contributed by atoms with Crippen LogP contribution in [-0.2, 0) is 7.05 Å². The second-order valence-corrected chi connectivity index (χ2v) is 5.41. The molecule has 0 saturated heterocycles. The van der Waals surface area contributed by atoms with E-state index in [1.807, 2.05) is 36.2 Å². The number of benzene rings is 2. The fourth-order valence-electron chi connectivity index (χ4n) is 3.17. The van der Waals surface area contributed by atoms with Crippen molar-refractivity contribution in [3.05, 3.63) is 36.4 Å². The predicted molar refractivity (Wildman–Crippen MR) is 91.2 cm³/mol. The second kappa shape index (κ2) is 5.87. The molecule has 3 aromatic rings. The van der Waals surface area contributed by atoms with Crippen molar-refractivity contribution in [2.24, 2.45) is 7.05 Å². The van der Waals surface area contributed by atoms with E-state index in [0.29, 0.717) is 13.1 Å². The summed E-state index contributed by atoms with van der Waals surface area (Å²) in [7, 11) is 2.02. The fourth-order valence-corrected chi connectivity index (χ4v) is 3.17. The van der Waals surface area contributed by atoms with E-state index in [1.54, 1.807) is 0 Å². The van der Waals surface area contributed by atoms with Crippen LogP contribution in [0.4, 0.5) is 11.4 Å². The number of aromatic nitrogens is 1. The predicted octanol–water partition coefficient (Wildman–Crippen LogP) is 1.70. The standard InChI is InChI=1S/C17H21N3O2/c1-19-14-5-3-2-4-12(14)16-13(18)6-7-15(17(16)19)20(8-10-21)9-11-22/h2-7,21-22H,8-11,18H2,1H3. The summed E-state index contributed by atoms with van der Waals surface area (Å²) in [6, 6.07) is 12.0. The Balaban J connectivity index is 2.34. The molecule has 1 heterocycles. The number of para-hydroxylation sites is 1. The van der Waals surface area contributed by atoms with Gasteiger partial charge in [0, 0.05) is 42.1 Å². The quantitative estimate of drug-likeness (QED) is 0.627. The van der Waals surface area contributed by atoms with E-state index in [0.717, 1.165) is 33.2 Å². The number of nitrogens with two attached hydrogens (primary N) is 1. The number of hydrogen-bond acceptors (Lipinski definition) is 4. The van der Waals surface area contributed by atoms with Crippen molar-refractivity contribution in [1.29, 1.82) is 0 Å². The summed E-state index contributed by atoms with van der Waals surface area (Å²) in [6.07, 6.45) is 0. The van der Waals surface area contributed by atoms with Crippen molar-refractivity contribution >= 4 is 33.2 Å². The molecule has 0 amide bonds. The smallest absolute Gasteiger partial charge is 0.0747 e. The van der Waals surface area contributed by atoms with E-state index in [9.17, 15) is 10.2 Å². The Labute approximate surface area is 129 Å². The molecule has 0 aliphatic carbocycles. The van der Waals surface area contributed by atoms with Gasteiger partial charge in [-0.25, -0.2) is 0 Å². The number of nitrogens with zero attached hydrogens (tertiary/aromatic N) is 2. The van der Waals surface area contributed by atoms with Crippen molar-refractivity contribution in [3.63, 3.8) is 0 Å². The molecule has 0 unspecified atom stereocenters. The largest absolute Gasteiger partial charge is 0.398 e. The third kappa shape index (κ3) is 2.19. The maximum Gasteiger partial charge on any atom is 0.0747 e. The Hall–Kier alpha value is -2.24. The molecule has 5 nitrogen and oxygen atoms in total. The Morgan fingerprint density at radius 2 is 1.73 bits per heavy atom. The van der Waals surface area contributed by atoms with Gasteiger partial charge in [-0.15, -0.1) is 0 Å². The molecule has 2 aromatic carbocycles. The zero-order valence-electron chi connectivity index (χ0n) is 12.7. The van der Waals surface area contributed by atoms with Gasteiger partial charge in [-0.1, -0.05) is 18.2 Å². The summed E-state index contributed by atoms with van der Waals surface area (Å²) >= 11 is 0. The molecule has 0 radical (unpaired) electrons. The minimum absolute atomic E-state index is 0.0375. The molecule has 0 bridgehead atoms. The van der Waals surface area contributed by atoms with E-state index in [2.05, 4.69) is 16.7 Å². The van der Waals surface area contributed by atoms with Crippen LogP contribution in [0.1, 0.15) is 0 Å². The molecular weight excluding hydrogens is 278 g/mol. The molecule has 22 heavy (non-hydrogen) atoms. The molecule has 1 aromatic heterocycles. The number of fused-ring (bicyclic) bond motifs is 3. The maximum absolute atomic E-state index is 9.31. The normalized spacial score (nSPS) is 11.4. The third-order valence-corrected chi connectivity index (χ3v) is 4.14. The zero-order chi connectivity index (χ0) is 15.7. The minimum atomic E-state index is 0.0375. The molecule has 0 saturated carbocycles. The SMILES string of the molecule is Cn1c2ccccc2c2c(N)ccc(N(CCO)CCO)c21. The van der Waals surface area contributed by atoms with Crippen LogP contribution in [0.5, 0.6) is 0 Å². The first-order valence-electron chi connectivity index (χ1n) is 7.41. The van der Waals surface area contributed by atoms with Gasteiger partial charge in [0.1, 0.15) is 0 Å². The first-order chi connectivity index (χ1) is 10.7. The summed E-state index contributed by atoms with van der Waals surface area (Å²) in [4.78, 5) is 1.99. The van der Waals surface area contributed by atoms with Gasteiger partial charge in [-0.3, -0.25) is 0 Å². The summed E-state index contributed by atoms with van der Waals surface area (Å²) in [5.74, 6) is 0. The summed E-state index contributed by atoms with van der Waals surface area (Å²) in [5, 5.41) is 20.8. The lowest BCUT2D eigenvalue weighted by Gasteiger charge is -2.24. The first kappa shape index (κ1) is 14.7. The molecule has 3 rings (SSSR count). The third-order valence-electron chi connectivity index (χ3n) is 4.14. The lowest BCUT2D eigenvalue weighted by atomic mass is 10.1. The van der Waals surface area contributed by atoms with Gasteiger partial charge in [-0.2, -0.15) is 0 Å². The molecule has 116 valence electrons. The van der Waals surface area contributed by atoms with E-state index in [1.165, 1.54) is 0 Å². The Bertz CT molecular complexity index is 804. The van der Waals surface area contributed by atoms with Gasteiger partial charge in [0.25, 0.3) is 0 Å². The summed E-state index contributed by atoms with van der Waals surface area (Å²) in [6.45, 7) is 1.02. The molecule has 5 heteroatoms. The van der Waals surface area contributed by atoms with Crippen LogP contribution in [0.25, 0.3) is 21.8 Å². The lowest BCUT2D eigenvalue weighted by Crippen LogP contribution is -2.30. The van der Waals surface area contributed by atoms with Crippen molar-refractivity contribution in [2.75, 3.05) is 36.9 Å². The van der Waals surface area contributed by atoms with E-state index in [4.69, 9.17) is 5.73 Å². The van der Waals surface area contributed by atoms with Crippen molar-refractivity contribution in [1.82, 2.24) is 4.57 Å². The fraction of sp³-hybridized carbons (Fsp3) is 0.294.